The second-order valence-corrected chi connectivity index (χ2v) is 4.83. The van der Waals surface area contributed by atoms with Gasteiger partial charge in [0, 0.05) is 19.0 Å². The summed E-state index contributed by atoms with van der Waals surface area (Å²) in [5.41, 5.74) is 0. The van der Waals surface area contributed by atoms with Crippen molar-refractivity contribution >= 4 is 17.5 Å². The molecule has 4 heteroatoms. The topological polar surface area (TPSA) is 40.5 Å². The van der Waals surface area contributed by atoms with Crippen LogP contribution in [-0.2, 0) is 4.79 Å². The van der Waals surface area contributed by atoms with Gasteiger partial charge in [-0.3, -0.25) is 4.79 Å². The first kappa shape index (κ1) is 12.8. The Morgan fingerprint density at radius 2 is 2.33 bits per heavy atom. The van der Waals surface area contributed by atoms with Crippen LogP contribution in [0, 0.1) is 5.92 Å². The highest BCUT2D eigenvalue weighted by Crippen LogP contribution is 2.21. The van der Waals surface area contributed by atoms with Crippen molar-refractivity contribution in [3.8, 4) is 0 Å². The van der Waals surface area contributed by atoms with Gasteiger partial charge >= 0.3 is 0 Å². The van der Waals surface area contributed by atoms with Crippen molar-refractivity contribution in [3.05, 3.63) is 0 Å². The maximum absolute atomic E-state index is 11.8. The molecule has 1 saturated heterocycles. The Balaban J connectivity index is 2.52. The molecule has 1 fully saturated rings. The Labute approximate surface area is 96.4 Å². The summed E-state index contributed by atoms with van der Waals surface area (Å²) in [6.45, 7) is 5.13. The van der Waals surface area contributed by atoms with Crippen LogP contribution in [0.1, 0.15) is 33.1 Å². The zero-order valence-electron chi connectivity index (χ0n) is 9.45. The monoisotopic (exact) mass is 233 g/mol. The van der Waals surface area contributed by atoms with Gasteiger partial charge in [-0.15, -0.1) is 11.6 Å². The SMILES string of the molecule is CC[C@H](Cl)C(=O)N1CCC[C@@H]([C@@H](C)O)C1. The highest BCUT2D eigenvalue weighted by atomic mass is 35.5. The number of carbonyl (C=O) groups excluding carboxylic acids is 1. The smallest absolute Gasteiger partial charge is 0.240 e. The summed E-state index contributed by atoms with van der Waals surface area (Å²) in [5.74, 6) is 0.230. The Bertz CT molecular complexity index is 221. The van der Waals surface area contributed by atoms with Crippen molar-refractivity contribution in [3.63, 3.8) is 0 Å². The average Bonchev–Trinajstić information content (AvgIpc) is 2.27. The lowest BCUT2D eigenvalue weighted by atomic mass is 9.93. The number of carbonyl (C=O) groups is 1. The molecule has 88 valence electrons. The molecule has 1 amide bonds. The van der Waals surface area contributed by atoms with Gasteiger partial charge in [0.1, 0.15) is 5.38 Å². The molecule has 0 unspecified atom stereocenters. The first-order valence-electron chi connectivity index (χ1n) is 5.67. The molecule has 3 atom stereocenters. The lowest BCUT2D eigenvalue weighted by Crippen LogP contribution is -2.45. The van der Waals surface area contributed by atoms with Gasteiger partial charge in [0.05, 0.1) is 6.10 Å². The third-order valence-corrected chi connectivity index (χ3v) is 3.57. The summed E-state index contributed by atoms with van der Waals surface area (Å²) in [6, 6.07) is 0. The van der Waals surface area contributed by atoms with Gasteiger partial charge in [0.15, 0.2) is 0 Å². The Morgan fingerprint density at radius 1 is 1.67 bits per heavy atom. The summed E-state index contributed by atoms with van der Waals surface area (Å²) in [5, 5.41) is 9.10. The normalized spacial score (nSPS) is 26.1. The van der Waals surface area contributed by atoms with Crippen LogP contribution in [0.3, 0.4) is 0 Å². The quantitative estimate of drug-likeness (QED) is 0.753. The number of halogens is 1. The number of hydrogen-bond acceptors (Lipinski definition) is 2. The number of piperidine rings is 1. The second-order valence-electron chi connectivity index (χ2n) is 4.30. The van der Waals surface area contributed by atoms with Crippen molar-refractivity contribution in [1.29, 1.82) is 0 Å². The summed E-state index contributed by atoms with van der Waals surface area (Å²) in [6.07, 6.45) is 2.29. The zero-order valence-corrected chi connectivity index (χ0v) is 10.2. The van der Waals surface area contributed by atoms with Crippen LogP contribution < -0.4 is 0 Å². The molecular formula is C11H20ClNO2. The van der Waals surface area contributed by atoms with Gasteiger partial charge < -0.3 is 10.0 Å². The minimum Gasteiger partial charge on any atom is -0.393 e. The van der Waals surface area contributed by atoms with E-state index in [1.54, 1.807) is 11.8 Å². The number of alkyl halides is 1. The fourth-order valence-corrected chi connectivity index (χ4v) is 2.11. The van der Waals surface area contributed by atoms with E-state index < -0.39 is 5.38 Å². The number of rotatable bonds is 3. The minimum absolute atomic E-state index is 0.0181. The van der Waals surface area contributed by atoms with E-state index in [1.807, 2.05) is 6.92 Å². The molecule has 1 aliphatic rings. The van der Waals surface area contributed by atoms with E-state index in [9.17, 15) is 9.90 Å². The van der Waals surface area contributed by atoms with E-state index >= 15 is 0 Å². The molecular weight excluding hydrogens is 214 g/mol. The van der Waals surface area contributed by atoms with E-state index in [0.717, 1.165) is 19.4 Å². The fraction of sp³-hybridized carbons (Fsp3) is 0.909. The lowest BCUT2D eigenvalue weighted by molar-refractivity contribution is -0.133. The van der Waals surface area contributed by atoms with E-state index in [2.05, 4.69) is 0 Å². The predicted molar refractivity (Wildman–Crippen MR) is 60.9 cm³/mol. The number of nitrogens with zero attached hydrogens (tertiary/aromatic N) is 1. The van der Waals surface area contributed by atoms with Gasteiger partial charge in [-0.25, -0.2) is 0 Å². The maximum Gasteiger partial charge on any atom is 0.240 e. The van der Waals surface area contributed by atoms with Crippen LogP contribution in [0.4, 0.5) is 0 Å². The van der Waals surface area contributed by atoms with Gasteiger partial charge in [-0.2, -0.15) is 0 Å². The highest BCUT2D eigenvalue weighted by molar-refractivity contribution is 6.30. The summed E-state index contributed by atoms with van der Waals surface area (Å²) < 4.78 is 0. The van der Waals surface area contributed by atoms with Gasteiger partial charge in [-0.1, -0.05) is 6.92 Å². The van der Waals surface area contributed by atoms with Crippen molar-refractivity contribution in [1.82, 2.24) is 4.90 Å². The third-order valence-electron chi connectivity index (χ3n) is 3.08. The summed E-state index contributed by atoms with van der Waals surface area (Å²) >= 11 is 5.92. The van der Waals surface area contributed by atoms with E-state index in [-0.39, 0.29) is 17.9 Å². The molecule has 1 aliphatic heterocycles. The molecule has 0 aromatic rings. The van der Waals surface area contributed by atoms with Crippen LogP contribution >= 0.6 is 11.6 Å². The summed E-state index contributed by atoms with van der Waals surface area (Å²) in [4.78, 5) is 13.6. The van der Waals surface area contributed by atoms with Crippen molar-refractivity contribution < 1.29 is 9.90 Å². The number of likely N-dealkylation sites (tertiary alicyclic amines) is 1. The van der Waals surface area contributed by atoms with Crippen molar-refractivity contribution in [2.75, 3.05) is 13.1 Å². The minimum atomic E-state index is -0.405. The molecule has 3 nitrogen and oxygen atoms in total. The largest absolute Gasteiger partial charge is 0.393 e. The standard InChI is InChI=1S/C11H20ClNO2/c1-3-10(12)11(15)13-6-4-5-9(7-13)8(2)14/h8-10,14H,3-7H2,1-2H3/t8-,9-,10+/m1/s1. The molecule has 15 heavy (non-hydrogen) atoms. The van der Waals surface area contributed by atoms with Gasteiger partial charge in [0.25, 0.3) is 0 Å². The van der Waals surface area contributed by atoms with Gasteiger partial charge in [0.2, 0.25) is 5.91 Å². The van der Waals surface area contributed by atoms with Gasteiger partial charge in [-0.05, 0) is 26.2 Å². The number of aliphatic hydroxyl groups excluding tert-OH is 1. The predicted octanol–water partition coefficient (Wildman–Crippen LogP) is 1.62. The number of hydrogen-bond donors (Lipinski definition) is 1. The summed E-state index contributed by atoms with van der Waals surface area (Å²) in [7, 11) is 0. The Hall–Kier alpha value is -0.280. The average molecular weight is 234 g/mol. The number of amides is 1. The molecule has 1 heterocycles. The third kappa shape index (κ3) is 3.35. The van der Waals surface area contributed by atoms with Crippen LogP contribution in [0.2, 0.25) is 0 Å². The molecule has 1 N–H and O–H groups in total. The Morgan fingerprint density at radius 3 is 2.87 bits per heavy atom. The molecule has 0 spiro atoms. The van der Waals surface area contributed by atoms with Crippen molar-refractivity contribution in [2.45, 2.75) is 44.6 Å². The van der Waals surface area contributed by atoms with E-state index in [4.69, 9.17) is 11.6 Å². The van der Waals surface area contributed by atoms with Crippen LogP contribution in [0.5, 0.6) is 0 Å². The lowest BCUT2D eigenvalue weighted by Gasteiger charge is -2.35. The second kappa shape index (κ2) is 5.71. The van der Waals surface area contributed by atoms with E-state index in [0.29, 0.717) is 13.0 Å². The van der Waals surface area contributed by atoms with Crippen LogP contribution in [0.15, 0.2) is 0 Å². The molecule has 0 aromatic heterocycles. The molecule has 0 aliphatic carbocycles. The first-order chi connectivity index (χ1) is 7.06. The van der Waals surface area contributed by atoms with Crippen LogP contribution in [0.25, 0.3) is 0 Å². The molecule has 0 bridgehead atoms. The fourth-order valence-electron chi connectivity index (χ4n) is 1.98. The molecule has 1 rings (SSSR count). The van der Waals surface area contributed by atoms with Crippen LogP contribution in [-0.4, -0.2) is 40.5 Å². The number of aliphatic hydroxyl groups is 1. The zero-order chi connectivity index (χ0) is 11.4. The highest BCUT2D eigenvalue weighted by Gasteiger charge is 2.28. The first-order valence-corrected chi connectivity index (χ1v) is 6.10. The molecule has 0 radical (unpaired) electrons. The van der Waals surface area contributed by atoms with E-state index in [1.165, 1.54) is 0 Å². The van der Waals surface area contributed by atoms with Crippen molar-refractivity contribution in [2.24, 2.45) is 5.92 Å². The molecule has 0 saturated carbocycles. The molecule has 0 aromatic carbocycles. The maximum atomic E-state index is 11.8. The Kier molecular flexibility index (Phi) is 4.87.